The van der Waals surface area contributed by atoms with E-state index in [9.17, 15) is 8.78 Å². The minimum absolute atomic E-state index is 0.179. The van der Waals surface area contributed by atoms with Gasteiger partial charge in [0, 0.05) is 38.5 Å². The summed E-state index contributed by atoms with van der Waals surface area (Å²) in [6.45, 7) is 1.35. The molecule has 0 atom stereocenters. The maximum atomic E-state index is 13.4. The Morgan fingerprint density at radius 3 is 2.52 bits per heavy atom. The normalized spacial score (nSPS) is 15.3. The van der Waals surface area contributed by atoms with Crippen LogP contribution < -0.4 is 9.80 Å². The van der Waals surface area contributed by atoms with E-state index >= 15 is 0 Å². The molecule has 160 valence electrons. The molecule has 1 aliphatic heterocycles. The van der Waals surface area contributed by atoms with Gasteiger partial charge in [0.15, 0.2) is 17.3 Å². The quantitative estimate of drug-likeness (QED) is 0.497. The minimum atomic E-state index is -2.71. The molecule has 0 spiro atoms. The van der Waals surface area contributed by atoms with Crippen molar-refractivity contribution in [2.75, 3.05) is 37.0 Å². The molecule has 0 bridgehead atoms. The van der Waals surface area contributed by atoms with Crippen molar-refractivity contribution >= 4 is 28.2 Å². The van der Waals surface area contributed by atoms with Crippen LogP contribution in [0.3, 0.4) is 0 Å². The number of benzene rings is 1. The standard InChI is InChI=1S/C21H22F2N8/c1-29(2)17-8-7-16-26-27-20(31(16)28-17)13-9-11-30(12-10-13)21-14-5-3-4-6-15(14)24-19(25-21)18(22)23/h3-8,13,18H,9-12H2,1-2H3. The van der Waals surface area contributed by atoms with Crippen molar-refractivity contribution < 1.29 is 8.78 Å². The average Bonchev–Trinajstić information content (AvgIpc) is 3.21. The lowest BCUT2D eigenvalue weighted by atomic mass is 9.96. The lowest BCUT2D eigenvalue weighted by molar-refractivity contribution is 0.141. The molecule has 5 rings (SSSR count). The zero-order chi connectivity index (χ0) is 21.5. The fourth-order valence-corrected chi connectivity index (χ4v) is 4.05. The van der Waals surface area contributed by atoms with Crippen LogP contribution in [0.2, 0.25) is 0 Å². The molecule has 0 unspecified atom stereocenters. The molecular weight excluding hydrogens is 402 g/mol. The van der Waals surface area contributed by atoms with E-state index in [2.05, 4.69) is 30.2 Å². The first kappa shape index (κ1) is 19.5. The van der Waals surface area contributed by atoms with E-state index in [1.807, 2.05) is 47.8 Å². The number of fused-ring (bicyclic) bond motifs is 2. The zero-order valence-corrected chi connectivity index (χ0v) is 17.3. The average molecular weight is 424 g/mol. The maximum absolute atomic E-state index is 13.4. The molecule has 1 aliphatic rings. The number of hydrogen-bond acceptors (Lipinski definition) is 7. The Kier molecular flexibility index (Phi) is 4.84. The highest BCUT2D eigenvalue weighted by Gasteiger charge is 2.27. The number of rotatable bonds is 4. The summed E-state index contributed by atoms with van der Waals surface area (Å²) in [7, 11) is 3.88. The van der Waals surface area contributed by atoms with Crippen LogP contribution in [0.25, 0.3) is 16.6 Å². The molecule has 0 radical (unpaired) electrons. The van der Waals surface area contributed by atoms with Gasteiger partial charge in [-0.25, -0.2) is 18.7 Å². The summed E-state index contributed by atoms with van der Waals surface area (Å²) in [6.07, 6.45) is -1.10. The molecule has 0 N–H and O–H groups in total. The van der Waals surface area contributed by atoms with Crippen LogP contribution >= 0.6 is 0 Å². The zero-order valence-electron chi connectivity index (χ0n) is 17.3. The SMILES string of the molecule is CN(C)c1ccc2nnc(C3CCN(c4nc(C(F)F)nc5ccccc45)CC3)n2n1. The molecule has 10 heteroatoms. The van der Waals surface area contributed by atoms with Gasteiger partial charge < -0.3 is 9.80 Å². The van der Waals surface area contributed by atoms with Gasteiger partial charge >= 0.3 is 0 Å². The fraction of sp³-hybridized carbons (Fsp3) is 0.381. The number of hydrogen-bond donors (Lipinski definition) is 0. The number of anilines is 2. The number of aromatic nitrogens is 6. The molecule has 31 heavy (non-hydrogen) atoms. The molecule has 0 amide bonds. The van der Waals surface area contributed by atoms with Crippen molar-refractivity contribution in [2.24, 2.45) is 0 Å². The van der Waals surface area contributed by atoms with Crippen LogP contribution in [-0.2, 0) is 0 Å². The number of piperidine rings is 1. The van der Waals surface area contributed by atoms with Crippen molar-refractivity contribution in [1.29, 1.82) is 0 Å². The van der Waals surface area contributed by atoms with Gasteiger partial charge in [-0.05, 0) is 37.1 Å². The Balaban J connectivity index is 1.43. The Morgan fingerprint density at radius 2 is 1.77 bits per heavy atom. The molecule has 4 heterocycles. The summed E-state index contributed by atoms with van der Waals surface area (Å²) >= 11 is 0. The molecule has 0 aliphatic carbocycles. The third kappa shape index (κ3) is 3.51. The monoisotopic (exact) mass is 424 g/mol. The molecule has 1 saturated heterocycles. The van der Waals surface area contributed by atoms with Crippen LogP contribution in [0.5, 0.6) is 0 Å². The van der Waals surface area contributed by atoms with E-state index in [0.717, 1.165) is 29.9 Å². The van der Waals surface area contributed by atoms with Gasteiger partial charge in [0.1, 0.15) is 11.6 Å². The Labute approximate surface area is 177 Å². The summed E-state index contributed by atoms with van der Waals surface area (Å²) in [5.41, 5.74) is 1.25. The van der Waals surface area contributed by atoms with E-state index < -0.39 is 12.2 Å². The van der Waals surface area contributed by atoms with Crippen LogP contribution in [0.15, 0.2) is 36.4 Å². The smallest absolute Gasteiger partial charge is 0.297 e. The highest BCUT2D eigenvalue weighted by atomic mass is 19.3. The van der Waals surface area contributed by atoms with Crippen molar-refractivity contribution in [2.45, 2.75) is 25.2 Å². The number of alkyl halides is 2. The van der Waals surface area contributed by atoms with Gasteiger partial charge in [-0.3, -0.25) is 0 Å². The minimum Gasteiger partial charge on any atom is -0.361 e. The van der Waals surface area contributed by atoms with Gasteiger partial charge in [-0.1, -0.05) is 12.1 Å². The second-order valence-electron chi connectivity index (χ2n) is 7.90. The molecule has 3 aromatic heterocycles. The van der Waals surface area contributed by atoms with Crippen LogP contribution in [0.1, 0.15) is 36.8 Å². The molecule has 0 saturated carbocycles. The van der Waals surface area contributed by atoms with Gasteiger partial charge in [0.25, 0.3) is 6.43 Å². The number of nitrogens with zero attached hydrogens (tertiary/aromatic N) is 8. The Morgan fingerprint density at radius 1 is 1.00 bits per heavy atom. The van der Waals surface area contributed by atoms with Crippen molar-refractivity contribution in [1.82, 2.24) is 29.8 Å². The topological polar surface area (TPSA) is 75.3 Å². The maximum Gasteiger partial charge on any atom is 0.297 e. The van der Waals surface area contributed by atoms with E-state index in [0.29, 0.717) is 30.1 Å². The second kappa shape index (κ2) is 7.68. The van der Waals surface area contributed by atoms with Gasteiger partial charge in [-0.2, -0.15) is 4.52 Å². The predicted octanol–water partition coefficient (Wildman–Crippen LogP) is 3.46. The Bertz CT molecular complexity index is 1230. The second-order valence-corrected chi connectivity index (χ2v) is 7.90. The first-order chi connectivity index (χ1) is 15.0. The van der Waals surface area contributed by atoms with Crippen LogP contribution in [-0.4, -0.2) is 57.0 Å². The first-order valence-corrected chi connectivity index (χ1v) is 10.2. The van der Waals surface area contributed by atoms with Gasteiger partial charge in [-0.15, -0.1) is 15.3 Å². The third-order valence-corrected chi connectivity index (χ3v) is 5.69. The summed E-state index contributed by atoms with van der Waals surface area (Å²) in [5, 5.41) is 14.1. The van der Waals surface area contributed by atoms with E-state index in [1.54, 1.807) is 12.1 Å². The molecule has 8 nitrogen and oxygen atoms in total. The fourth-order valence-electron chi connectivity index (χ4n) is 4.05. The summed E-state index contributed by atoms with van der Waals surface area (Å²) in [5.74, 6) is 1.98. The predicted molar refractivity (Wildman–Crippen MR) is 114 cm³/mol. The largest absolute Gasteiger partial charge is 0.361 e. The lowest BCUT2D eigenvalue weighted by Crippen LogP contribution is -2.34. The van der Waals surface area contributed by atoms with Gasteiger partial charge in [0.2, 0.25) is 0 Å². The van der Waals surface area contributed by atoms with Crippen molar-refractivity contribution in [3.8, 4) is 0 Å². The van der Waals surface area contributed by atoms with Crippen molar-refractivity contribution in [3.63, 3.8) is 0 Å². The van der Waals surface area contributed by atoms with Crippen molar-refractivity contribution in [3.05, 3.63) is 48.0 Å². The Hall–Kier alpha value is -3.43. The van der Waals surface area contributed by atoms with Gasteiger partial charge in [0.05, 0.1) is 5.52 Å². The van der Waals surface area contributed by atoms with E-state index in [1.165, 1.54) is 0 Å². The number of para-hydroxylation sites is 1. The highest BCUT2D eigenvalue weighted by molar-refractivity contribution is 5.89. The highest BCUT2D eigenvalue weighted by Crippen LogP contribution is 2.33. The number of halogens is 2. The molecule has 1 fully saturated rings. The van der Waals surface area contributed by atoms with E-state index in [-0.39, 0.29) is 5.92 Å². The summed E-state index contributed by atoms with van der Waals surface area (Å²) in [6, 6.07) is 11.1. The lowest BCUT2D eigenvalue weighted by Gasteiger charge is -2.32. The first-order valence-electron chi connectivity index (χ1n) is 10.2. The van der Waals surface area contributed by atoms with E-state index in [4.69, 9.17) is 0 Å². The summed E-state index contributed by atoms with van der Waals surface area (Å²) in [4.78, 5) is 12.2. The van der Waals surface area contributed by atoms with Crippen LogP contribution in [0, 0.1) is 0 Å². The molecular formula is C21H22F2N8. The molecule has 4 aromatic rings. The third-order valence-electron chi connectivity index (χ3n) is 5.69. The molecule has 1 aromatic carbocycles. The van der Waals surface area contributed by atoms with Crippen LogP contribution in [0.4, 0.5) is 20.4 Å². The summed E-state index contributed by atoms with van der Waals surface area (Å²) < 4.78 is 28.5.